The van der Waals surface area contributed by atoms with E-state index in [-0.39, 0.29) is 5.83 Å². The summed E-state index contributed by atoms with van der Waals surface area (Å²) in [5.41, 5.74) is 3.11. The summed E-state index contributed by atoms with van der Waals surface area (Å²) in [5, 5.41) is 16.0. The Labute approximate surface area is 152 Å². The zero-order valence-corrected chi connectivity index (χ0v) is 14.2. The molecule has 0 amide bonds. The quantitative estimate of drug-likeness (QED) is 0.711. The lowest BCUT2D eigenvalue weighted by atomic mass is 10.0. The third kappa shape index (κ3) is 2.73. The minimum atomic E-state index is -0.225. The molecule has 2 aliphatic rings. The first-order valence-electron chi connectivity index (χ1n) is 8.53. The molecule has 3 aromatic heterocycles. The number of hydrogen-bond donors (Lipinski definition) is 2. The van der Waals surface area contributed by atoms with Gasteiger partial charge < -0.3 is 9.55 Å². The minimum Gasteiger partial charge on any atom is -0.346 e. The molecule has 3 aromatic rings. The Kier molecular flexibility index (Phi) is 3.63. The van der Waals surface area contributed by atoms with E-state index in [0.717, 1.165) is 33.2 Å². The molecule has 5 rings (SSSR count). The average molecular weight is 362 g/mol. The SMILES string of the molecule is FC1=CCC(=c2ncn(Cc3nn[nH]n3)c2=C2CC=Nc3[nH]ccc32)C=C1. The van der Waals surface area contributed by atoms with E-state index in [9.17, 15) is 4.39 Å². The zero-order chi connectivity index (χ0) is 18.2. The predicted molar refractivity (Wildman–Crippen MR) is 97.2 cm³/mol. The van der Waals surface area contributed by atoms with Gasteiger partial charge in [-0.25, -0.2) is 14.4 Å². The van der Waals surface area contributed by atoms with Gasteiger partial charge in [0.05, 0.1) is 23.6 Å². The summed E-state index contributed by atoms with van der Waals surface area (Å²) in [7, 11) is 0. The molecule has 1 aliphatic heterocycles. The Hall–Kier alpha value is -3.62. The van der Waals surface area contributed by atoms with E-state index in [1.165, 1.54) is 6.08 Å². The number of fused-ring (bicyclic) bond motifs is 1. The van der Waals surface area contributed by atoms with E-state index in [1.54, 1.807) is 18.5 Å². The highest BCUT2D eigenvalue weighted by molar-refractivity contribution is 5.88. The highest BCUT2D eigenvalue weighted by Crippen LogP contribution is 2.28. The Morgan fingerprint density at radius 2 is 2.19 bits per heavy atom. The van der Waals surface area contributed by atoms with Gasteiger partial charge in [-0.05, 0) is 35.8 Å². The fourth-order valence-electron chi connectivity index (χ4n) is 3.43. The summed E-state index contributed by atoms with van der Waals surface area (Å²) in [6.45, 7) is 0.431. The molecule has 27 heavy (non-hydrogen) atoms. The lowest BCUT2D eigenvalue weighted by molar-refractivity contribution is 0.661. The number of nitrogens with one attached hydrogen (secondary N) is 2. The molecule has 0 atom stereocenters. The van der Waals surface area contributed by atoms with E-state index in [0.29, 0.717) is 25.2 Å². The number of halogens is 1. The second-order valence-corrected chi connectivity index (χ2v) is 6.28. The van der Waals surface area contributed by atoms with Crippen molar-refractivity contribution >= 4 is 23.2 Å². The van der Waals surface area contributed by atoms with Gasteiger partial charge >= 0.3 is 0 Å². The minimum absolute atomic E-state index is 0.225. The first kappa shape index (κ1) is 15.6. The van der Waals surface area contributed by atoms with Crippen LogP contribution in [0, 0.1) is 0 Å². The molecule has 8 nitrogen and oxygen atoms in total. The Morgan fingerprint density at radius 3 is 3.00 bits per heavy atom. The number of allylic oxidation sites excluding steroid dienone is 4. The van der Waals surface area contributed by atoms with Crippen molar-refractivity contribution in [3.05, 3.63) is 64.7 Å². The van der Waals surface area contributed by atoms with Gasteiger partial charge in [-0.2, -0.15) is 5.21 Å². The van der Waals surface area contributed by atoms with Crippen molar-refractivity contribution in [1.82, 2.24) is 35.2 Å². The van der Waals surface area contributed by atoms with Gasteiger partial charge in [0.25, 0.3) is 0 Å². The maximum atomic E-state index is 13.4. The number of tetrazole rings is 1. The van der Waals surface area contributed by atoms with E-state index >= 15 is 0 Å². The second-order valence-electron chi connectivity index (χ2n) is 6.28. The van der Waals surface area contributed by atoms with Crippen molar-refractivity contribution < 1.29 is 4.39 Å². The summed E-state index contributed by atoms with van der Waals surface area (Å²) in [5.74, 6) is 1.16. The predicted octanol–water partition coefficient (Wildman–Crippen LogP) is 1.04. The number of aromatic nitrogens is 7. The largest absolute Gasteiger partial charge is 0.346 e. The van der Waals surface area contributed by atoms with Crippen LogP contribution in [0.5, 0.6) is 0 Å². The fraction of sp³-hybridized carbons (Fsp3) is 0.167. The van der Waals surface area contributed by atoms with Crippen molar-refractivity contribution in [2.24, 2.45) is 4.99 Å². The van der Waals surface area contributed by atoms with Gasteiger partial charge in [0.2, 0.25) is 0 Å². The molecule has 0 fully saturated rings. The van der Waals surface area contributed by atoms with Crippen LogP contribution in [0.4, 0.5) is 10.2 Å². The molecule has 9 heteroatoms. The van der Waals surface area contributed by atoms with Crippen LogP contribution in [0.3, 0.4) is 0 Å². The number of imidazole rings is 1. The zero-order valence-electron chi connectivity index (χ0n) is 14.2. The van der Waals surface area contributed by atoms with Crippen LogP contribution in [0.15, 0.2) is 47.6 Å². The van der Waals surface area contributed by atoms with Gasteiger partial charge in [0.1, 0.15) is 11.6 Å². The summed E-state index contributed by atoms with van der Waals surface area (Å²) in [4.78, 5) is 12.2. The molecule has 0 unspecified atom stereocenters. The molecule has 134 valence electrons. The van der Waals surface area contributed by atoms with Crippen LogP contribution in [-0.4, -0.2) is 41.4 Å². The number of nitrogens with zero attached hydrogens (tertiary/aromatic N) is 6. The molecule has 0 saturated carbocycles. The monoisotopic (exact) mass is 362 g/mol. The summed E-state index contributed by atoms with van der Waals surface area (Å²) < 4.78 is 15.4. The van der Waals surface area contributed by atoms with Crippen LogP contribution in [0.1, 0.15) is 24.2 Å². The van der Waals surface area contributed by atoms with Gasteiger partial charge in [-0.3, -0.25) is 0 Å². The third-order valence-electron chi connectivity index (χ3n) is 4.66. The van der Waals surface area contributed by atoms with Crippen LogP contribution >= 0.6 is 0 Å². The number of rotatable bonds is 2. The molecule has 0 radical (unpaired) electrons. The topological polar surface area (TPSA) is 100 Å². The molecule has 2 N–H and O–H groups in total. The Morgan fingerprint density at radius 1 is 1.22 bits per heavy atom. The van der Waals surface area contributed by atoms with Gasteiger partial charge in [0.15, 0.2) is 5.82 Å². The molecular weight excluding hydrogens is 347 g/mol. The van der Waals surface area contributed by atoms with Gasteiger partial charge in [-0.15, -0.1) is 10.2 Å². The number of aliphatic imine (C=N–C) groups is 1. The lowest BCUT2D eigenvalue weighted by Crippen LogP contribution is -2.35. The molecule has 0 spiro atoms. The van der Waals surface area contributed by atoms with E-state index in [4.69, 9.17) is 0 Å². The molecule has 0 saturated heterocycles. The molecule has 0 aromatic carbocycles. The first-order chi connectivity index (χ1) is 13.3. The van der Waals surface area contributed by atoms with Gasteiger partial charge in [0, 0.05) is 24.4 Å². The third-order valence-corrected chi connectivity index (χ3v) is 4.66. The number of hydrogen-bond acceptors (Lipinski definition) is 5. The van der Waals surface area contributed by atoms with Crippen LogP contribution in [-0.2, 0) is 6.54 Å². The van der Waals surface area contributed by atoms with Crippen molar-refractivity contribution in [2.75, 3.05) is 0 Å². The second kappa shape index (κ2) is 6.27. The van der Waals surface area contributed by atoms with Crippen molar-refractivity contribution in [1.29, 1.82) is 0 Å². The normalized spacial score (nSPS) is 20.0. The van der Waals surface area contributed by atoms with Crippen LogP contribution < -0.4 is 10.7 Å². The Bertz CT molecular complexity index is 1210. The maximum absolute atomic E-state index is 13.4. The summed E-state index contributed by atoms with van der Waals surface area (Å²) >= 11 is 0. The smallest absolute Gasteiger partial charge is 0.194 e. The standard InChI is InChI=1S/C18H15FN8/c19-12-3-1-11(2-4-12)16-17(13-5-7-20-18-14(13)6-8-21-18)27(10-22-16)9-15-23-25-26-24-15/h1,3-4,6-8,10,21H,2,5,9H2,(H,23,24,25,26). The van der Waals surface area contributed by atoms with Crippen LogP contribution in [0.2, 0.25) is 0 Å². The van der Waals surface area contributed by atoms with E-state index in [1.807, 2.05) is 23.0 Å². The van der Waals surface area contributed by atoms with Crippen molar-refractivity contribution in [2.45, 2.75) is 19.4 Å². The summed E-state index contributed by atoms with van der Waals surface area (Å²) in [6, 6.07) is 2.01. The molecule has 4 heterocycles. The van der Waals surface area contributed by atoms with Crippen molar-refractivity contribution in [3.8, 4) is 0 Å². The summed E-state index contributed by atoms with van der Waals surface area (Å²) in [6.07, 6.45) is 11.5. The van der Waals surface area contributed by atoms with Gasteiger partial charge in [-0.1, -0.05) is 11.3 Å². The molecular formula is C18H15FN8. The molecule has 1 aliphatic carbocycles. The Balaban J connectivity index is 1.79. The van der Waals surface area contributed by atoms with E-state index in [2.05, 4.69) is 35.6 Å². The lowest BCUT2D eigenvalue weighted by Gasteiger charge is -2.11. The highest BCUT2D eigenvalue weighted by atomic mass is 19.1. The highest BCUT2D eigenvalue weighted by Gasteiger charge is 2.17. The van der Waals surface area contributed by atoms with E-state index < -0.39 is 0 Å². The van der Waals surface area contributed by atoms with Crippen molar-refractivity contribution in [3.63, 3.8) is 0 Å². The van der Waals surface area contributed by atoms with Crippen LogP contribution in [0.25, 0.3) is 11.1 Å². The molecule has 0 bridgehead atoms. The number of H-pyrrole nitrogens is 2. The fourth-order valence-corrected chi connectivity index (χ4v) is 3.43. The number of aromatic amines is 2. The maximum Gasteiger partial charge on any atom is 0.194 e. The average Bonchev–Trinajstić information content (AvgIpc) is 3.43. The first-order valence-corrected chi connectivity index (χ1v) is 8.53.